The number of rotatable bonds is 3. The number of aromatic nitrogens is 1. The Balaban J connectivity index is 2.01. The molecule has 0 aliphatic heterocycles. The molecule has 2 rings (SSSR count). The van der Waals surface area contributed by atoms with Crippen LogP contribution in [-0.4, -0.2) is 10.9 Å². The Morgan fingerprint density at radius 2 is 2.33 bits per heavy atom. The molecule has 0 bridgehead atoms. The first kappa shape index (κ1) is 13.3. The summed E-state index contributed by atoms with van der Waals surface area (Å²) in [6.07, 6.45) is 0. The van der Waals surface area contributed by atoms with Gasteiger partial charge in [-0.3, -0.25) is 4.79 Å². The van der Waals surface area contributed by atoms with Crippen molar-refractivity contribution < 1.29 is 4.79 Å². The highest BCUT2D eigenvalue weighted by Crippen LogP contribution is 2.16. The van der Waals surface area contributed by atoms with Gasteiger partial charge in [-0.25, -0.2) is 4.98 Å². The summed E-state index contributed by atoms with van der Waals surface area (Å²) >= 11 is 3.69. The van der Waals surface area contributed by atoms with Gasteiger partial charge in [0, 0.05) is 20.2 Å². The number of thiazole rings is 1. The van der Waals surface area contributed by atoms with Crippen LogP contribution >= 0.6 is 33.9 Å². The van der Waals surface area contributed by atoms with Crippen molar-refractivity contribution >= 4 is 45.5 Å². The van der Waals surface area contributed by atoms with Gasteiger partial charge in [-0.05, 0) is 47.7 Å². The largest absolute Gasteiger partial charge is 0.398 e. The normalized spacial score (nSPS) is 10.3. The lowest BCUT2D eigenvalue weighted by atomic mass is 10.2. The van der Waals surface area contributed by atoms with Gasteiger partial charge in [0.25, 0.3) is 5.91 Å². The van der Waals surface area contributed by atoms with Gasteiger partial charge in [0.15, 0.2) is 0 Å². The number of nitrogens with one attached hydrogen (secondary N) is 1. The third-order valence-electron chi connectivity index (χ3n) is 2.36. The second-order valence-corrected chi connectivity index (χ2v) is 6.00. The summed E-state index contributed by atoms with van der Waals surface area (Å²) in [5.41, 5.74) is 7.89. The first-order valence-corrected chi connectivity index (χ1v) is 7.26. The topological polar surface area (TPSA) is 68.0 Å². The summed E-state index contributed by atoms with van der Waals surface area (Å²) in [7, 11) is 0. The highest BCUT2D eigenvalue weighted by Gasteiger charge is 2.08. The highest BCUT2D eigenvalue weighted by molar-refractivity contribution is 14.1. The number of carbonyl (C=O) groups excluding carboxylic acids is 1. The van der Waals surface area contributed by atoms with Crippen molar-refractivity contribution in [2.75, 3.05) is 5.73 Å². The van der Waals surface area contributed by atoms with Crippen LogP contribution in [-0.2, 0) is 6.54 Å². The number of hydrogen-bond acceptors (Lipinski definition) is 4. The van der Waals surface area contributed by atoms with E-state index in [-0.39, 0.29) is 5.91 Å². The van der Waals surface area contributed by atoms with Crippen LogP contribution in [0.5, 0.6) is 0 Å². The van der Waals surface area contributed by atoms with Gasteiger partial charge in [-0.15, -0.1) is 11.3 Å². The van der Waals surface area contributed by atoms with Crippen molar-refractivity contribution in [3.05, 3.63) is 43.4 Å². The fraction of sp³-hybridized carbons (Fsp3) is 0.167. The average molecular weight is 373 g/mol. The van der Waals surface area contributed by atoms with Crippen molar-refractivity contribution in [1.29, 1.82) is 0 Å². The first-order valence-electron chi connectivity index (χ1n) is 5.30. The van der Waals surface area contributed by atoms with Gasteiger partial charge >= 0.3 is 0 Å². The minimum absolute atomic E-state index is 0.112. The molecule has 1 aromatic heterocycles. The predicted molar refractivity (Wildman–Crippen MR) is 81.6 cm³/mol. The molecule has 18 heavy (non-hydrogen) atoms. The van der Waals surface area contributed by atoms with E-state index in [9.17, 15) is 4.79 Å². The van der Waals surface area contributed by atoms with E-state index in [1.807, 2.05) is 12.3 Å². The van der Waals surface area contributed by atoms with Gasteiger partial charge in [0.1, 0.15) is 0 Å². The SMILES string of the molecule is Cc1nc(CNC(=O)c2ccc(N)c(I)c2)cs1. The summed E-state index contributed by atoms with van der Waals surface area (Å²) < 4.78 is 0.879. The Morgan fingerprint density at radius 3 is 2.94 bits per heavy atom. The molecule has 0 unspecified atom stereocenters. The Labute approximate surface area is 123 Å². The molecule has 0 atom stereocenters. The molecule has 4 nitrogen and oxygen atoms in total. The van der Waals surface area contributed by atoms with E-state index in [0.717, 1.165) is 14.3 Å². The van der Waals surface area contributed by atoms with E-state index in [4.69, 9.17) is 5.73 Å². The van der Waals surface area contributed by atoms with Gasteiger partial charge in [0.05, 0.1) is 17.2 Å². The summed E-state index contributed by atoms with van der Waals surface area (Å²) in [4.78, 5) is 16.2. The van der Waals surface area contributed by atoms with E-state index in [2.05, 4.69) is 32.9 Å². The lowest BCUT2D eigenvalue weighted by Gasteiger charge is -2.05. The number of benzene rings is 1. The summed E-state index contributed by atoms with van der Waals surface area (Å²) in [5.74, 6) is -0.112. The molecule has 2 aromatic rings. The molecule has 6 heteroatoms. The highest BCUT2D eigenvalue weighted by atomic mass is 127. The molecule has 94 valence electrons. The van der Waals surface area contributed by atoms with Crippen LogP contribution in [0.15, 0.2) is 23.6 Å². The quantitative estimate of drug-likeness (QED) is 0.642. The fourth-order valence-electron chi connectivity index (χ4n) is 1.43. The molecule has 0 aliphatic rings. The van der Waals surface area contributed by atoms with Crippen molar-refractivity contribution in [3.8, 4) is 0 Å². The van der Waals surface area contributed by atoms with Crippen LogP contribution in [0.3, 0.4) is 0 Å². The Morgan fingerprint density at radius 1 is 1.56 bits per heavy atom. The minimum atomic E-state index is -0.112. The number of aryl methyl sites for hydroxylation is 1. The lowest BCUT2D eigenvalue weighted by molar-refractivity contribution is 0.0950. The standard InChI is InChI=1S/C12H12IN3OS/c1-7-16-9(6-18-7)5-15-12(17)8-2-3-11(14)10(13)4-8/h2-4,6H,5,14H2,1H3,(H,15,17). The summed E-state index contributed by atoms with van der Waals surface area (Å²) in [6, 6.07) is 5.24. The second-order valence-electron chi connectivity index (χ2n) is 3.78. The third kappa shape index (κ3) is 3.20. The predicted octanol–water partition coefficient (Wildman–Crippen LogP) is 2.57. The summed E-state index contributed by atoms with van der Waals surface area (Å²) in [6.45, 7) is 2.39. The number of nitrogen functional groups attached to an aromatic ring is 1. The maximum absolute atomic E-state index is 11.9. The first-order chi connectivity index (χ1) is 8.56. The molecule has 1 amide bonds. The zero-order valence-electron chi connectivity index (χ0n) is 9.74. The maximum atomic E-state index is 11.9. The number of amides is 1. The van der Waals surface area contributed by atoms with E-state index >= 15 is 0 Å². The molecule has 1 aromatic carbocycles. The second kappa shape index (κ2) is 5.66. The average Bonchev–Trinajstić information content (AvgIpc) is 2.75. The minimum Gasteiger partial charge on any atom is -0.398 e. The van der Waals surface area contributed by atoms with Crippen molar-refractivity contribution in [2.45, 2.75) is 13.5 Å². The number of nitrogens with zero attached hydrogens (tertiary/aromatic N) is 1. The van der Waals surface area contributed by atoms with Gasteiger partial charge < -0.3 is 11.1 Å². The van der Waals surface area contributed by atoms with Crippen LogP contribution in [0.25, 0.3) is 0 Å². The molecule has 0 radical (unpaired) electrons. The van der Waals surface area contributed by atoms with Gasteiger partial charge in [0.2, 0.25) is 0 Å². The fourth-order valence-corrected chi connectivity index (χ4v) is 2.56. The number of hydrogen-bond donors (Lipinski definition) is 2. The van der Waals surface area contributed by atoms with Crippen molar-refractivity contribution in [2.24, 2.45) is 0 Å². The van der Waals surface area contributed by atoms with Crippen LogP contribution in [0.2, 0.25) is 0 Å². The third-order valence-corrected chi connectivity index (χ3v) is 4.12. The van der Waals surface area contributed by atoms with Crippen molar-refractivity contribution in [1.82, 2.24) is 10.3 Å². The van der Waals surface area contributed by atoms with Gasteiger partial charge in [-0.1, -0.05) is 0 Å². The van der Waals surface area contributed by atoms with E-state index in [1.54, 1.807) is 29.5 Å². The molecule has 3 N–H and O–H groups in total. The van der Waals surface area contributed by atoms with Crippen LogP contribution in [0.1, 0.15) is 21.1 Å². The number of anilines is 1. The smallest absolute Gasteiger partial charge is 0.251 e. The molecule has 0 saturated heterocycles. The summed E-state index contributed by atoms with van der Waals surface area (Å²) in [5, 5.41) is 5.78. The monoisotopic (exact) mass is 373 g/mol. The van der Waals surface area contributed by atoms with Gasteiger partial charge in [-0.2, -0.15) is 0 Å². The molecular formula is C12H12IN3OS. The van der Waals surface area contributed by atoms with Crippen LogP contribution in [0.4, 0.5) is 5.69 Å². The Bertz CT molecular complexity index is 582. The number of halogens is 1. The van der Waals surface area contributed by atoms with Crippen LogP contribution in [0, 0.1) is 10.5 Å². The molecule has 0 fully saturated rings. The van der Waals surface area contributed by atoms with E-state index in [0.29, 0.717) is 17.8 Å². The molecular weight excluding hydrogens is 361 g/mol. The van der Waals surface area contributed by atoms with E-state index in [1.165, 1.54) is 0 Å². The molecule has 0 saturated carbocycles. The zero-order chi connectivity index (χ0) is 13.1. The maximum Gasteiger partial charge on any atom is 0.251 e. The molecule has 1 heterocycles. The van der Waals surface area contributed by atoms with E-state index < -0.39 is 0 Å². The molecule has 0 aliphatic carbocycles. The zero-order valence-corrected chi connectivity index (χ0v) is 12.7. The van der Waals surface area contributed by atoms with Crippen LogP contribution < -0.4 is 11.1 Å². The molecule has 0 spiro atoms. The Hall–Kier alpha value is -1.15. The van der Waals surface area contributed by atoms with Crippen molar-refractivity contribution in [3.63, 3.8) is 0 Å². The Kier molecular flexibility index (Phi) is 4.18. The number of carbonyl (C=O) groups is 1. The number of nitrogens with two attached hydrogens (primary N) is 1. The lowest BCUT2D eigenvalue weighted by Crippen LogP contribution is -2.23.